The third-order valence-electron chi connectivity index (χ3n) is 3.94. The van der Waals surface area contributed by atoms with Crippen molar-refractivity contribution in [2.24, 2.45) is 0 Å². The van der Waals surface area contributed by atoms with Gasteiger partial charge in [-0.25, -0.2) is 0 Å². The van der Waals surface area contributed by atoms with Gasteiger partial charge in [0.15, 0.2) is 0 Å². The van der Waals surface area contributed by atoms with Crippen LogP contribution in [0.5, 0.6) is 0 Å². The molecule has 2 aromatic carbocycles. The van der Waals surface area contributed by atoms with Crippen molar-refractivity contribution in [2.45, 2.75) is 20.4 Å². The van der Waals surface area contributed by atoms with E-state index >= 15 is 0 Å². The van der Waals surface area contributed by atoms with Crippen molar-refractivity contribution in [3.63, 3.8) is 0 Å². The molecule has 3 aromatic rings. The Morgan fingerprint density at radius 2 is 1.96 bits per heavy atom. The van der Waals surface area contributed by atoms with Gasteiger partial charge in [0.2, 0.25) is 11.7 Å². The molecule has 0 unspecified atom stereocenters. The van der Waals surface area contributed by atoms with Gasteiger partial charge in [0.1, 0.15) is 12.2 Å². The standard InChI is InChI=1S/C17H15ClN6O3/c1-10-7-14(15(24(26)27)8-11(10)2)19-16(25)9-23-21-17(20-22-23)12-5-3-4-6-13(12)18/h3-8H,9H2,1-2H3,(H,19,25). The van der Waals surface area contributed by atoms with Crippen molar-refractivity contribution in [1.82, 2.24) is 20.2 Å². The summed E-state index contributed by atoms with van der Waals surface area (Å²) < 4.78 is 0. The number of amides is 1. The minimum absolute atomic E-state index is 0.125. The van der Waals surface area contributed by atoms with Crippen molar-refractivity contribution in [2.75, 3.05) is 5.32 Å². The molecule has 0 spiro atoms. The number of anilines is 1. The quantitative estimate of drug-likeness (QED) is 0.531. The van der Waals surface area contributed by atoms with Gasteiger partial charge in [-0.3, -0.25) is 14.9 Å². The van der Waals surface area contributed by atoms with E-state index in [-0.39, 0.29) is 23.7 Å². The first-order chi connectivity index (χ1) is 12.8. The van der Waals surface area contributed by atoms with E-state index in [0.717, 1.165) is 15.9 Å². The molecule has 0 aliphatic heterocycles. The van der Waals surface area contributed by atoms with Gasteiger partial charge in [-0.15, -0.1) is 10.2 Å². The molecular weight excluding hydrogens is 372 g/mol. The van der Waals surface area contributed by atoms with E-state index in [9.17, 15) is 14.9 Å². The largest absolute Gasteiger partial charge is 0.319 e. The van der Waals surface area contributed by atoms with Crippen LogP contribution in [0.15, 0.2) is 36.4 Å². The average Bonchev–Trinajstić information content (AvgIpc) is 3.06. The van der Waals surface area contributed by atoms with Crippen LogP contribution in [0.3, 0.4) is 0 Å². The Morgan fingerprint density at radius 1 is 1.26 bits per heavy atom. The van der Waals surface area contributed by atoms with Crippen molar-refractivity contribution < 1.29 is 9.72 Å². The van der Waals surface area contributed by atoms with Gasteiger partial charge in [-0.05, 0) is 48.4 Å². The summed E-state index contributed by atoms with van der Waals surface area (Å²) in [5.41, 5.74) is 2.14. The zero-order valence-electron chi connectivity index (χ0n) is 14.5. The number of nitro groups is 1. The predicted octanol–water partition coefficient (Wildman–Crippen LogP) is 3.16. The van der Waals surface area contributed by atoms with Crippen LogP contribution in [-0.2, 0) is 11.3 Å². The van der Waals surface area contributed by atoms with Gasteiger partial charge in [0.05, 0.1) is 9.95 Å². The number of aromatic nitrogens is 4. The van der Waals surface area contributed by atoms with Crippen molar-refractivity contribution in [3.8, 4) is 11.4 Å². The highest BCUT2D eigenvalue weighted by molar-refractivity contribution is 6.33. The number of carbonyl (C=O) groups is 1. The average molecular weight is 387 g/mol. The van der Waals surface area contributed by atoms with E-state index in [1.165, 1.54) is 6.07 Å². The molecule has 0 saturated carbocycles. The number of aryl methyl sites for hydroxylation is 2. The molecule has 1 amide bonds. The van der Waals surface area contributed by atoms with Gasteiger partial charge in [-0.2, -0.15) is 4.80 Å². The van der Waals surface area contributed by atoms with Crippen LogP contribution >= 0.6 is 11.6 Å². The minimum Gasteiger partial charge on any atom is -0.319 e. The van der Waals surface area contributed by atoms with Gasteiger partial charge in [0, 0.05) is 11.6 Å². The summed E-state index contributed by atoms with van der Waals surface area (Å²) in [6.45, 7) is 3.33. The number of nitrogens with one attached hydrogen (secondary N) is 1. The fourth-order valence-electron chi connectivity index (χ4n) is 2.43. The van der Waals surface area contributed by atoms with E-state index in [2.05, 4.69) is 20.7 Å². The van der Waals surface area contributed by atoms with Crippen LogP contribution in [0, 0.1) is 24.0 Å². The van der Waals surface area contributed by atoms with E-state index in [0.29, 0.717) is 10.6 Å². The molecule has 3 rings (SSSR count). The Bertz CT molecular complexity index is 1030. The number of benzene rings is 2. The Labute approximate surface area is 159 Å². The monoisotopic (exact) mass is 386 g/mol. The summed E-state index contributed by atoms with van der Waals surface area (Å²) >= 11 is 6.10. The number of tetrazole rings is 1. The van der Waals surface area contributed by atoms with Crippen LogP contribution in [-0.4, -0.2) is 31.0 Å². The van der Waals surface area contributed by atoms with Crippen molar-refractivity contribution in [1.29, 1.82) is 0 Å². The number of carbonyl (C=O) groups excluding carboxylic acids is 1. The summed E-state index contributed by atoms with van der Waals surface area (Å²) in [6, 6.07) is 9.99. The molecule has 9 nitrogen and oxygen atoms in total. The highest BCUT2D eigenvalue weighted by Gasteiger charge is 2.18. The Morgan fingerprint density at radius 3 is 2.67 bits per heavy atom. The molecule has 1 heterocycles. The molecule has 0 aliphatic carbocycles. The van der Waals surface area contributed by atoms with E-state index in [1.54, 1.807) is 37.3 Å². The molecule has 0 atom stereocenters. The van der Waals surface area contributed by atoms with E-state index in [1.807, 2.05) is 6.92 Å². The first-order valence-electron chi connectivity index (χ1n) is 7.93. The molecule has 0 fully saturated rings. The van der Waals surface area contributed by atoms with Gasteiger partial charge in [-0.1, -0.05) is 23.7 Å². The number of nitro benzene ring substituents is 1. The molecule has 138 valence electrons. The molecule has 0 radical (unpaired) electrons. The minimum atomic E-state index is -0.536. The zero-order chi connectivity index (χ0) is 19.6. The van der Waals surface area contributed by atoms with Gasteiger partial charge >= 0.3 is 0 Å². The molecule has 0 saturated heterocycles. The van der Waals surface area contributed by atoms with Crippen molar-refractivity contribution >= 4 is 28.9 Å². The Hall–Kier alpha value is -3.33. The molecule has 1 aromatic heterocycles. The van der Waals surface area contributed by atoms with Crippen LogP contribution in [0.1, 0.15) is 11.1 Å². The lowest BCUT2D eigenvalue weighted by atomic mass is 10.1. The number of hydrogen-bond acceptors (Lipinski definition) is 6. The second-order valence-electron chi connectivity index (χ2n) is 5.88. The lowest BCUT2D eigenvalue weighted by molar-refractivity contribution is -0.384. The summed E-state index contributed by atoms with van der Waals surface area (Å²) in [5.74, 6) is -0.227. The highest BCUT2D eigenvalue weighted by atomic mass is 35.5. The Balaban J connectivity index is 1.77. The molecule has 0 bridgehead atoms. The molecule has 0 aliphatic rings. The smallest absolute Gasteiger partial charge is 0.293 e. The maximum atomic E-state index is 12.3. The maximum absolute atomic E-state index is 12.3. The van der Waals surface area contributed by atoms with Crippen LogP contribution in [0.4, 0.5) is 11.4 Å². The number of hydrogen-bond donors (Lipinski definition) is 1. The lowest BCUT2D eigenvalue weighted by Gasteiger charge is -2.08. The first kappa shape index (κ1) is 18.5. The van der Waals surface area contributed by atoms with E-state index in [4.69, 9.17) is 11.6 Å². The zero-order valence-corrected chi connectivity index (χ0v) is 15.3. The van der Waals surface area contributed by atoms with Crippen LogP contribution in [0.25, 0.3) is 11.4 Å². The lowest BCUT2D eigenvalue weighted by Crippen LogP contribution is -2.21. The third-order valence-corrected chi connectivity index (χ3v) is 4.27. The third kappa shape index (κ3) is 4.09. The maximum Gasteiger partial charge on any atom is 0.293 e. The first-order valence-corrected chi connectivity index (χ1v) is 8.31. The summed E-state index contributed by atoms with van der Waals surface area (Å²) in [5, 5.41) is 26.1. The number of nitrogens with zero attached hydrogens (tertiary/aromatic N) is 5. The van der Waals surface area contributed by atoms with Gasteiger partial charge < -0.3 is 5.32 Å². The fourth-order valence-corrected chi connectivity index (χ4v) is 2.65. The topological polar surface area (TPSA) is 116 Å². The number of halogens is 1. The number of rotatable bonds is 5. The van der Waals surface area contributed by atoms with Crippen LogP contribution in [0.2, 0.25) is 5.02 Å². The summed E-state index contributed by atoms with van der Waals surface area (Å²) in [4.78, 5) is 24.1. The second kappa shape index (κ2) is 7.50. The summed E-state index contributed by atoms with van der Waals surface area (Å²) in [7, 11) is 0. The Kier molecular flexibility index (Phi) is 5.13. The second-order valence-corrected chi connectivity index (χ2v) is 6.29. The molecule has 1 N–H and O–H groups in total. The normalized spacial score (nSPS) is 10.6. The predicted molar refractivity (Wildman–Crippen MR) is 99.5 cm³/mol. The molecule has 10 heteroatoms. The fraction of sp³-hybridized carbons (Fsp3) is 0.176. The SMILES string of the molecule is Cc1cc(NC(=O)Cn2nnc(-c3ccccc3Cl)n2)c([N+](=O)[O-])cc1C. The molecular formula is C17H15ClN6O3. The highest BCUT2D eigenvalue weighted by Crippen LogP contribution is 2.28. The summed E-state index contributed by atoms with van der Waals surface area (Å²) in [6.07, 6.45) is 0. The van der Waals surface area contributed by atoms with Crippen LogP contribution < -0.4 is 5.32 Å². The molecule has 27 heavy (non-hydrogen) atoms. The van der Waals surface area contributed by atoms with Gasteiger partial charge in [0.25, 0.3) is 5.69 Å². The van der Waals surface area contributed by atoms with Crippen molar-refractivity contribution in [3.05, 3.63) is 62.7 Å². The van der Waals surface area contributed by atoms with E-state index < -0.39 is 10.8 Å².